The minimum Gasteiger partial charge on any atom is -0.481 e. The molecular formula is C20H32N2O5. The molecule has 2 saturated heterocycles. The lowest BCUT2D eigenvalue weighted by Gasteiger charge is -2.35. The Morgan fingerprint density at radius 2 is 1.70 bits per heavy atom. The molecule has 2 amide bonds. The van der Waals surface area contributed by atoms with Crippen molar-refractivity contribution in [2.45, 2.75) is 63.9 Å². The highest BCUT2D eigenvalue weighted by Gasteiger charge is 2.40. The number of hydrogen-bond acceptors (Lipinski definition) is 4. The van der Waals surface area contributed by atoms with Gasteiger partial charge in [-0.05, 0) is 43.9 Å². The molecule has 3 fully saturated rings. The van der Waals surface area contributed by atoms with Crippen molar-refractivity contribution in [3.05, 3.63) is 0 Å². The van der Waals surface area contributed by atoms with Crippen LogP contribution in [0.1, 0.15) is 57.8 Å². The lowest BCUT2D eigenvalue weighted by molar-refractivity contribution is -0.145. The van der Waals surface area contributed by atoms with E-state index in [1.54, 1.807) is 4.90 Å². The van der Waals surface area contributed by atoms with E-state index < -0.39 is 11.9 Å². The lowest BCUT2D eigenvalue weighted by Crippen LogP contribution is -2.46. The second kappa shape index (κ2) is 9.53. The average Bonchev–Trinajstić information content (AvgIpc) is 3.17. The van der Waals surface area contributed by atoms with Crippen LogP contribution in [0, 0.1) is 17.8 Å². The standard InChI is InChI=1S/C20H32N2O5/c23-17(12-14-4-2-1-3-5-14)21-13-18(24)22-9-6-15(7-10-22)19-16(20(25)26)8-11-27-19/h14-16,19H,1-13H2,(H,21,23)(H,25,26)/t16?,19-/m0/s1. The molecule has 3 rings (SSSR count). The van der Waals surface area contributed by atoms with E-state index in [1.165, 1.54) is 19.3 Å². The van der Waals surface area contributed by atoms with Crippen molar-refractivity contribution in [3.8, 4) is 0 Å². The molecule has 2 atom stereocenters. The monoisotopic (exact) mass is 380 g/mol. The first-order valence-corrected chi connectivity index (χ1v) is 10.4. The van der Waals surface area contributed by atoms with Gasteiger partial charge < -0.3 is 20.1 Å². The van der Waals surface area contributed by atoms with Crippen LogP contribution < -0.4 is 5.32 Å². The lowest BCUT2D eigenvalue weighted by atomic mass is 9.84. The number of hydrogen-bond donors (Lipinski definition) is 2. The van der Waals surface area contributed by atoms with Crippen molar-refractivity contribution in [1.82, 2.24) is 10.2 Å². The van der Waals surface area contributed by atoms with Gasteiger partial charge in [-0.2, -0.15) is 0 Å². The molecule has 2 aliphatic heterocycles. The first-order valence-electron chi connectivity index (χ1n) is 10.4. The molecule has 0 aromatic rings. The van der Waals surface area contributed by atoms with E-state index >= 15 is 0 Å². The summed E-state index contributed by atoms with van der Waals surface area (Å²) in [5, 5.41) is 12.1. The number of carbonyl (C=O) groups excluding carboxylic acids is 2. The van der Waals surface area contributed by atoms with E-state index in [1.807, 2.05) is 0 Å². The Bertz CT molecular complexity index is 538. The van der Waals surface area contributed by atoms with Crippen LogP contribution in [0.2, 0.25) is 0 Å². The molecule has 0 spiro atoms. The van der Waals surface area contributed by atoms with Crippen LogP contribution in [0.4, 0.5) is 0 Å². The number of carbonyl (C=O) groups is 3. The molecule has 27 heavy (non-hydrogen) atoms. The molecule has 0 bridgehead atoms. The molecule has 7 heteroatoms. The van der Waals surface area contributed by atoms with E-state index in [9.17, 15) is 19.5 Å². The van der Waals surface area contributed by atoms with Crippen molar-refractivity contribution in [2.24, 2.45) is 17.8 Å². The van der Waals surface area contributed by atoms with Crippen molar-refractivity contribution >= 4 is 17.8 Å². The summed E-state index contributed by atoms with van der Waals surface area (Å²) in [5.74, 6) is -0.605. The largest absolute Gasteiger partial charge is 0.481 e. The number of carboxylic acids is 1. The molecule has 1 aliphatic carbocycles. The molecule has 2 N–H and O–H groups in total. The fourth-order valence-corrected chi connectivity index (χ4v) is 4.83. The molecule has 0 radical (unpaired) electrons. The van der Waals surface area contributed by atoms with Gasteiger partial charge in [-0.15, -0.1) is 0 Å². The smallest absolute Gasteiger partial charge is 0.309 e. The number of aliphatic carboxylic acids is 1. The zero-order valence-corrected chi connectivity index (χ0v) is 16.0. The van der Waals surface area contributed by atoms with Crippen LogP contribution in [0.15, 0.2) is 0 Å². The van der Waals surface area contributed by atoms with Gasteiger partial charge in [0, 0.05) is 26.1 Å². The summed E-state index contributed by atoms with van der Waals surface area (Å²) in [6.45, 7) is 1.78. The first kappa shape index (κ1) is 20.1. The normalized spacial score (nSPS) is 27.5. The van der Waals surface area contributed by atoms with Gasteiger partial charge >= 0.3 is 5.97 Å². The van der Waals surface area contributed by atoms with Gasteiger partial charge in [0.05, 0.1) is 18.6 Å². The van der Waals surface area contributed by atoms with Crippen molar-refractivity contribution in [3.63, 3.8) is 0 Å². The van der Waals surface area contributed by atoms with Gasteiger partial charge in [0.15, 0.2) is 0 Å². The van der Waals surface area contributed by atoms with E-state index in [-0.39, 0.29) is 30.4 Å². The highest BCUT2D eigenvalue weighted by atomic mass is 16.5. The molecular weight excluding hydrogens is 348 g/mol. The van der Waals surface area contributed by atoms with Crippen LogP contribution >= 0.6 is 0 Å². The second-order valence-corrected chi connectivity index (χ2v) is 8.27. The Morgan fingerprint density at radius 3 is 2.37 bits per heavy atom. The molecule has 0 aromatic carbocycles. The maximum Gasteiger partial charge on any atom is 0.309 e. The van der Waals surface area contributed by atoms with Gasteiger partial charge in [-0.25, -0.2) is 0 Å². The average molecular weight is 380 g/mol. The zero-order valence-electron chi connectivity index (χ0n) is 16.0. The number of nitrogens with one attached hydrogen (secondary N) is 1. The third kappa shape index (κ3) is 5.43. The topological polar surface area (TPSA) is 95.9 Å². The van der Waals surface area contributed by atoms with E-state index in [0.717, 1.165) is 25.7 Å². The maximum absolute atomic E-state index is 12.4. The summed E-state index contributed by atoms with van der Waals surface area (Å²) in [7, 11) is 0. The Balaban J connectivity index is 1.37. The van der Waals surface area contributed by atoms with Crippen LogP contribution in [-0.2, 0) is 19.1 Å². The molecule has 3 aliphatic rings. The molecule has 1 unspecified atom stereocenters. The van der Waals surface area contributed by atoms with Crippen molar-refractivity contribution in [2.75, 3.05) is 26.2 Å². The summed E-state index contributed by atoms with van der Waals surface area (Å²) >= 11 is 0. The van der Waals surface area contributed by atoms with E-state index in [4.69, 9.17) is 4.74 Å². The number of carboxylic acid groups (broad SMARTS) is 1. The van der Waals surface area contributed by atoms with Crippen LogP contribution in [0.3, 0.4) is 0 Å². The zero-order chi connectivity index (χ0) is 19.2. The Kier molecular flexibility index (Phi) is 7.10. The van der Waals surface area contributed by atoms with E-state index in [2.05, 4.69) is 5.32 Å². The van der Waals surface area contributed by atoms with E-state index in [0.29, 0.717) is 38.5 Å². The fourth-order valence-electron chi connectivity index (χ4n) is 4.83. The number of nitrogens with zero attached hydrogens (tertiary/aromatic N) is 1. The van der Waals surface area contributed by atoms with Crippen molar-refractivity contribution < 1.29 is 24.2 Å². The maximum atomic E-state index is 12.4. The number of piperidine rings is 1. The summed E-state index contributed by atoms with van der Waals surface area (Å²) in [6.07, 6.45) is 8.33. The SMILES string of the molecule is O=C(CC1CCCCC1)NCC(=O)N1CCC([C@@H]2OCCC2C(=O)O)CC1. The van der Waals surface area contributed by atoms with Gasteiger partial charge in [0.2, 0.25) is 11.8 Å². The highest BCUT2D eigenvalue weighted by molar-refractivity contribution is 5.84. The van der Waals surface area contributed by atoms with Crippen LogP contribution in [-0.4, -0.2) is 60.1 Å². The predicted molar refractivity (Wildman–Crippen MR) is 99.0 cm³/mol. The first-order chi connectivity index (χ1) is 13.0. The molecule has 1 saturated carbocycles. The third-order valence-electron chi connectivity index (χ3n) is 6.45. The highest BCUT2D eigenvalue weighted by Crippen LogP contribution is 2.33. The molecule has 7 nitrogen and oxygen atoms in total. The number of rotatable bonds is 6. The number of amides is 2. The summed E-state index contributed by atoms with van der Waals surface area (Å²) in [6, 6.07) is 0. The molecule has 152 valence electrons. The summed E-state index contributed by atoms with van der Waals surface area (Å²) < 4.78 is 5.67. The Morgan fingerprint density at radius 1 is 1.00 bits per heavy atom. The van der Waals surface area contributed by atoms with Gasteiger partial charge in [0.25, 0.3) is 0 Å². The number of likely N-dealkylation sites (tertiary alicyclic amines) is 1. The summed E-state index contributed by atoms with van der Waals surface area (Å²) in [5.41, 5.74) is 0. The Labute approximate surface area is 160 Å². The van der Waals surface area contributed by atoms with Crippen LogP contribution in [0.25, 0.3) is 0 Å². The minimum absolute atomic E-state index is 0.0196. The molecule has 0 aromatic heterocycles. The van der Waals surface area contributed by atoms with Gasteiger partial charge in [-0.1, -0.05) is 19.3 Å². The minimum atomic E-state index is -0.781. The predicted octanol–water partition coefficient (Wildman–Crippen LogP) is 1.80. The molecule has 2 heterocycles. The summed E-state index contributed by atoms with van der Waals surface area (Å²) in [4.78, 5) is 37.6. The van der Waals surface area contributed by atoms with Crippen molar-refractivity contribution in [1.29, 1.82) is 0 Å². The Hall–Kier alpha value is -1.63. The van der Waals surface area contributed by atoms with Crippen LogP contribution in [0.5, 0.6) is 0 Å². The fraction of sp³-hybridized carbons (Fsp3) is 0.850. The number of ether oxygens (including phenoxy) is 1. The van der Waals surface area contributed by atoms with Gasteiger partial charge in [0.1, 0.15) is 0 Å². The van der Waals surface area contributed by atoms with Gasteiger partial charge in [-0.3, -0.25) is 14.4 Å². The third-order valence-corrected chi connectivity index (χ3v) is 6.45. The second-order valence-electron chi connectivity index (χ2n) is 8.27. The quantitative estimate of drug-likeness (QED) is 0.733.